The van der Waals surface area contributed by atoms with E-state index >= 15 is 0 Å². The van der Waals surface area contributed by atoms with Crippen molar-refractivity contribution in [3.05, 3.63) is 105 Å². The number of halogens is 2. The molecule has 0 amide bonds. The number of hydrogen-bond acceptors (Lipinski definition) is 4. The van der Waals surface area contributed by atoms with Gasteiger partial charge in [0.2, 0.25) is 0 Å². The Labute approximate surface area is 219 Å². The van der Waals surface area contributed by atoms with Gasteiger partial charge in [-0.2, -0.15) is 0 Å². The van der Waals surface area contributed by atoms with Crippen molar-refractivity contribution in [1.82, 2.24) is 0 Å². The molecular weight excluding hydrogens is 550 g/mol. The third kappa shape index (κ3) is 6.78. The summed E-state index contributed by atoms with van der Waals surface area (Å²) in [6.45, 7) is 6.08. The van der Waals surface area contributed by atoms with Gasteiger partial charge in [-0.3, -0.25) is 15.1 Å². The number of nitro benzene ring substituents is 1. The van der Waals surface area contributed by atoms with Crippen LogP contribution < -0.4 is 0 Å². The molecule has 0 aliphatic carbocycles. The fourth-order valence-electron chi connectivity index (χ4n) is 3.93. The molecule has 0 saturated heterocycles. The average Bonchev–Trinajstić information content (AvgIpc) is 2.86. The first kappa shape index (κ1) is 28.2. The van der Waals surface area contributed by atoms with Crippen molar-refractivity contribution >= 4 is 28.9 Å². The van der Waals surface area contributed by atoms with Crippen LogP contribution in [0.2, 0.25) is 0 Å². The predicted octanol–water partition coefficient (Wildman–Crippen LogP) is 7.64. The number of aliphatic imine (C=N–C) groups is 1. The van der Waals surface area contributed by atoms with E-state index in [2.05, 4.69) is 4.99 Å². The molecule has 3 rings (SSSR count). The van der Waals surface area contributed by atoms with E-state index in [1.165, 1.54) is 12.1 Å². The Hall–Kier alpha value is -2.01. The van der Waals surface area contributed by atoms with Crippen molar-refractivity contribution in [3.63, 3.8) is 0 Å². The van der Waals surface area contributed by atoms with Crippen LogP contribution in [0, 0.1) is 10.1 Å². The number of aromatic hydroxyl groups is 1. The fourth-order valence-corrected chi connectivity index (χ4v) is 3.93. The van der Waals surface area contributed by atoms with Gasteiger partial charge < -0.3 is 5.11 Å². The number of hydrogen-bond donors (Lipinski definition) is 1. The molecule has 0 atom stereocenters. The van der Waals surface area contributed by atoms with Gasteiger partial charge in [0.1, 0.15) is 5.75 Å². The topological polar surface area (TPSA) is 75.7 Å². The SMILES string of the molecule is CCC(CC)N=Cc1cc([N+](=O)[O-])cc(C(C)(c2ccccc2)c2ccccc2)c1O.[Cl][Zr][Cl]. The Balaban J connectivity index is 0.00000129. The van der Waals surface area contributed by atoms with Gasteiger partial charge >= 0.3 is 37.9 Å². The molecule has 0 aromatic heterocycles. The average molecular weight is 579 g/mol. The van der Waals surface area contributed by atoms with Crippen LogP contribution in [-0.4, -0.2) is 22.3 Å². The Bertz CT molecular complexity index is 1050. The normalized spacial score (nSPS) is 11.2. The number of phenols is 1. The molecule has 0 saturated carbocycles. The van der Waals surface area contributed by atoms with Crippen molar-refractivity contribution in [2.75, 3.05) is 0 Å². The monoisotopic (exact) mass is 576 g/mol. The molecule has 0 bridgehead atoms. The van der Waals surface area contributed by atoms with E-state index in [0.29, 0.717) is 11.1 Å². The van der Waals surface area contributed by atoms with Gasteiger partial charge in [0.05, 0.1) is 4.92 Å². The van der Waals surface area contributed by atoms with E-state index in [1.807, 2.05) is 81.4 Å². The zero-order valence-electron chi connectivity index (χ0n) is 19.4. The van der Waals surface area contributed by atoms with Gasteiger partial charge in [0.15, 0.2) is 0 Å². The third-order valence-electron chi connectivity index (χ3n) is 5.94. The van der Waals surface area contributed by atoms with Crippen LogP contribution in [0.5, 0.6) is 5.75 Å². The first-order valence-electron chi connectivity index (χ1n) is 11.0. The van der Waals surface area contributed by atoms with Crippen molar-refractivity contribution in [2.45, 2.75) is 45.1 Å². The van der Waals surface area contributed by atoms with Crippen LogP contribution >= 0.6 is 17.0 Å². The van der Waals surface area contributed by atoms with Crippen molar-refractivity contribution in [3.8, 4) is 5.75 Å². The van der Waals surface area contributed by atoms with E-state index < -0.39 is 31.2 Å². The summed E-state index contributed by atoms with van der Waals surface area (Å²) in [6, 6.07) is 22.5. The number of non-ortho nitro benzene ring substituents is 1. The summed E-state index contributed by atoms with van der Waals surface area (Å²) >= 11 is -0.826. The van der Waals surface area contributed by atoms with E-state index in [1.54, 1.807) is 6.21 Å². The van der Waals surface area contributed by atoms with Crippen LogP contribution in [0.1, 0.15) is 55.9 Å². The molecule has 0 unspecified atom stereocenters. The van der Waals surface area contributed by atoms with Gasteiger partial charge in [-0.25, -0.2) is 0 Å². The molecule has 0 aliphatic heterocycles. The summed E-state index contributed by atoms with van der Waals surface area (Å²) < 4.78 is 0. The second-order valence-corrected chi connectivity index (χ2v) is 11.6. The Morgan fingerprint density at radius 1 is 1.03 bits per heavy atom. The van der Waals surface area contributed by atoms with E-state index in [4.69, 9.17) is 17.0 Å². The Kier molecular flexibility index (Phi) is 11.4. The maximum atomic E-state index is 11.7. The van der Waals surface area contributed by atoms with Gasteiger partial charge in [0, 0.05) is 40.9 Å². The third-order valence-corrected chi connectivity index (χ3v) is 5.94. The predicted molar refractivity (Wildman–Crippen MR) is 137 cm³/mol. The number of phenolic OH excluding ortho intramolecular Hbond substituents is 1. The van der Waals surface area contributed by atoms with Crippen LogP contribution in [-0.2, 0) is 26.3 Å². The number of nitro groups is 1. The minimum absolute atomic E-state index is 0.00973. The van der Waals surface area contributed by atoms with Gasteiger partial charge in [-0.1, -0.05) is 74.5 Å². The molecule has 0 fully saturated rings. The Morgan fingerprint density at radius 2 is 1.50 bits per heavy atom. The number of nitrogens with zero attached hydrogens (tertiary/aromatic N) is 2. The molecule has 178 valence electrons. The second kappa shape index (κ2) is 13.8. The molecule has 1 N–H and O–H groups in total. The molecule has 0 radical (unpaired) electrons. The van der Waals surface area contributed by atoms with Crippen molar-refractivity contribution < 1.29 is 30.9 Å². The van der Waals surface area contributed by atoms with Crippen LogP contribution in [0.4, 0.5) is 5.69 Å². The standard InChI is InChI=1S/C26H28N2O3.2ClH.Zr/c1-4-22(5-2)27-18-19-16-23(28(30)31)17-24(25(19)29)26(3,20-12-8-6-9-13-20)21-14-10-7-11-15-21;;;/h6-18,22,29H,4-5H2,1-3H3;2*1H;/q;;;+2/p-2. The number of benzene rings is 3. The molecule has 0 spiro atoms. The molecule has 5 nitrogen and oxygen atoms in total. The molecule has 0 heterocycles. The minimum atomic E-state index is -0.826. The number of rotatable bonds is 8. The summed E-state index contributed by atoms with van der Waals surface area (Å²) in [5.41, 5.74) is 1.83. The molecular formula is C26H28Cl2N2O3Zr. The fraction of sp³-hybridized carbons (Fsp3) is 0.269. The van der Waals surface area contributed by atoms with Gasteiger partial charge in [0.25, 0.3) is 5.69 Å². The molecule has 8 heteroatoms. The molecule has 34 heavy (non-hydrogen) atoms. The van der Waals surface area contributed by atoms with Gasteiger partial charge in [-0.05, 0) is 30.9 Å². The summed E-state index contributed by atoms with van der Waals surface area (Å²) in [5, 5.41) is 23.0. The first-order chi connectivity index (χ1) is 16.3. The molecule has 0 aliphatic rings. The zero-order chi connectivity index (χ0) is 25.1. The second-order valence-electron chi connectivity index (χ2n) is 7.87. The van der Waals surface area contributed by atoms with Crippen molar-refractivity contribution in [1.29, 1.82) is 0 Å². The summed E-state index contributed by atoms with van der Waals surface area (Å²) in [7, 11) is 9.87. The van der Waals surface area contributed by atoms with E-state index in [0.717, 1.165) is 24.0 Å². The summed E-state index contributed by atoms with van der Waals surface area (Å²) in [5.74, 6) is 0.00973. The maximum absolute atomic E-state index is 11.7. The summed E-state index contributed by atoms with van der Waals surface area (Å²) in [6.07, 6.45) is 3.29. The van der Waals surface area contributed by atoms with Crippen LogP contribution in [0.3, 0.4) is 0 Å². The quantitative estimate of drug-likeness (QED) is 0.129. The zero-order valence-corrected chi connectivity index (χ0v) is 23.4. The van der Waals surface area contributed by atoms with Crippen molar-refractivity contribution in [2.24, 2.45) is 4.99 Å². The molecule has 3 aromatic carbocycles. The Morgan fingerprint density at radius 3 is 1.91 bits per heavy atom. The first-order valence-corrected chi connectivity index (χ1v) is 17.3. The van der Waals surface area contributed by atoms with Crippen LogP contribution in [0.15, 0.2) is 77.8 Å². The van der Waals surface area contributed by atoms with Crippen LogP contribution in [0.25, 0.3) is 0 Å². The van der Waals surface area contributed by atoms with Gasteiger partial charge in [-0.15, -0.1) is 0 Å². The van der Waals surface area contributed by atoms with E-state index in [9.17, 15) is 15.2 Å². The summed E-state index contributed by atoms with van der Waals surface area (Å²) in [4.78, 5) is 15.9. The molecule has 3 aromatic rings. The van der Waals surface area contributed by atoms with E-state index in [-0.39, 0.29) is 17.5 Å².